The van der Waals surface area contributed by atoms with Crippen molar-refractivity contribution in [1.82, 2.24) is 5.43 Å². The molecule has 14 heavy (non-hydrogen) atoms. The first-order chi connectivity index (χ1) is 6.69. The van der Waals surface area contributed by atoms with Crippen molar-refractivity contribution >= 4 is 5.69 Å². The van der Waals surface area contributed by atoms with Crippen molar-refractivity contribution in [3.63, 3.8) is 0 Å². The Morgan fingerprint density at radius 3 is 2.64 bits per heavy atom. The zero-order chi connectivity index (χ0) is 10.6. The number of hydrazine groups is 1. The van der Waals surface area contributed by atoms with Crippen molar-refractivity contribution in [3.05, 3.63) is 23.3 Å². The molecular weight excluding hydrogens is 178 g/mol. The Kier molecular flexibility index (Phi) is 3.73. The molecule has 4 N–H and O–H groups in total. The molecule has 0 atom stereocenters. The molecule has 0 aliphatic heterocycles. The van der Waals surface area contributed by atoms with Crippen LogP contribution in [0.5, 0.6) is 5.75 Å². The van der Waals surface area contributed by atoms with Gasteiger partial charge in [0.2, 0.25) is 0 Å². The Morgan fingerprint density at radius 1 is 1.36 bits per heavy atom. The molecule has 0 unspecified atom stereocenters. The number of rotatable bonds is 4. The third-order valence-electron chi connectivity index (χ3n) is 2.00. The number of hydrogen-bond acceptors (Lipinski definition) is 4. The molecule has 0 amide bonds. The van der Waals surface area contributed by atoms with Gasteiger partial charge in [0.25, 0.3) is 0 Å². The summed E-state index contributed by atoms with van der Waals surface area (Å²) < 4.78 is 5.30. The van der Waals surface area contributed by atoms with E-state index in [4.69, 9.17) is 10.6 Å². The molecule has 4 nitrogen and oxygen atoms in total. The quantitative estimate of drug-likeness (QED) is 0.383. The maximum atomic E-state index is 5.30. The molecule has 0 spiro atoms. The van der Waals surface area contributed by atoms with Gasteiger partial charge in [-0.3, -0.25) is 5.84 Å². The summed E-state index contributed by atoms with van der Waals surface area (Å²) in [6.45, 7) is 4.58. The number of nitrogens with one attached hydrogen (secondary N) is 2. The molecule has 0 aromatic heterocycles. The molecule has 0 heterocycles. The van der Waals surface area contributed by atoms with Gasteiger partial charge in [-0.1, -0.05) is 6.07 Å². The first-order valence-electron chi connectivity index (χ1n) is 4.51. The Balaban J connectivity index is 2.99. The van der Waals surface area contributed by atoms with Crippen molar-refractivity contribution in [2.75, 3.05) is 19.1 Å². The molecule has 0 radical (unpaired) electrons. The van der Waals surface area contributed by atoms with Crippen LogP contribution in [0.15, 0.2) is 12.1 Å². The van der Waals surface area contributed by atoms with E-state index in [1.165, 1.54) is 5.56 Å². The molecule has 4 heteroatoms. The van der Waals surface area contributed by atoms with Crippen LogP contribution < -0.4 is 21.3 Å². The molecule has 1 aromatic carbocycles. The van der Waals surface area contributed by atoms with Crippen molar-refractivity contribution in [2.24, 2.45) is 5.84 Å². The van der Waals surface area contributed by atoms with Crippen molar-refractivity contribution in [3.8, 4) is 5.75 Å². The lowest BCUT2D eigenvalue weighted by molar-refractivity contribution is 0.413. The van der Waals surface area contributed by atoms with Crippen molar-refractivity contribution < 1.29 is 4.74 Å². The monoisotopic (exact) mass is 195 g/mol. The minimum atomic E-state index is 0.513. The van der Waals surface area contributed by atoms with Crippen LogP contribution in [0.2, 0.25) is 0 Å². The summed E-state index contributed by atoms with van der Waals surface area (Å²) in [4.78, 5) is 0. The topological polar surface area (TPSA) is 59.3 Å². The molecule has 0 bridgehead atoms. The van der Waals surface area contributed by atoms with Gasteiger partial charge < -0.3 is 10.1 Å². The Bertz CT molecular complexity index is 312. The minimum absolute atomic E-state index is 0.513. The normalized spacial score (nSPS) is 10.0. The van der Waals surface area contributed by atoms with Crippen LogP contribution >= 0.6 is 0 Å². The fourth-order valence-electron chi connectivity index (χ4n) is 1.50. The van der Waals surface area contributed by atoms with E-state index in [1.807, 2.05) is 19.9 Å². The lowest BCUT2D eigenvalue weighted by atomic mass is 10.1. The number of ether oxygens (including phenoxy) is 1. The van der Waals surface area contributed by atoms with Gasteiger partial charge in [0.1, 0.15) is 5.75 Å². The summed E-state index contributed by atoms with van der Waals surface area (Å²) in [5.41, 5.74) is 5.82. The van der Waals surface area contributed by atoms with Crippen LogP contribution in [0.25, 0.3) is 0 Å². The van der Waals surface area contributed by atoms with Crippen LogP contribution in [-0.2, 0) is 0 Å². The van der Waals surface area contributed by atoms with Gasteiger partial charge in [-0.2, -0.15) is 0 Å². The largest absolute Gasteiger partial charge is 0.494 e. The molecule has 0 saturated carbocycles. The summed E-state index contributed by atoms with van der Waals surface area (Å²) in [6.07, 6.45) is 0. The predicted molar refractivity (Wildman–Crippen MR) is 58.3 cm³/mol. The second kappa shape index (κ2) is 4.83. The molecule has 78 valence electrons. The van der Waals surface area contributed by atoms with E-state index >= 15 is 0 Å². The number of benzene rings is 1. The lowest BCUT2D eigenvalue weighted by Gasteiger charge is -2.14. The second-order valence-electron chi connectivity index (χ2n) is 3.22. The third-order valence-corrected chi connectivity index (χ3v) is 2.00. The smallest absolute Gasteiger partial charge is 0.144 e. The number of hydrogen-bond donors (Lipinski definition) is 3. The van der Waals surface area contributed by atoms with Gasteiger partial charge in [0, 0.05) is 0 Å². The first kappa shape index (κ1) is 10.8. The lowest BCUT2D eigenvalue weighted by Crippen LogP contribution is -2.28. The number of anilines is 1. The van der Waals surface area contributed by atoms with Crippen molar-refractivity contribution in [2.45, 2.75) is 13.8 Å². The average Bonchev–Trinajstić information content (AvgIpc) is 2.14. The van der Waals surface area contributed by atoms with E-state index in [2.05, 4.69) is 16.8 Å². The third kappa shape index (κ3) is 2.37. The second-order valence-corrected chi connectivity index (χ2v) is 3.22. The van der Waals surface area contributed by atoms with E-state index in [-0.39, 0.29) is 0 Å². The summed E-state index contributed by atoms with van der Waals surface area (Å²) >= 11 is 0. The molecule has 0 aliphatic rings. The number of nitrogens with two attached hydrogens (primary N) is 1. The summed E-state index contributed by atoms with van der Waals surface area (Å²) in [7, 11) is 1.67. The number of methoxy groups -OCH3 is 1. The van der Waals surface area contributed by atoms with Gasteiger partial charge in [-0.25, -0.2) is 5.43 Å². The SMILES string of the molecule is COc1c(C)cc(C)cc1NCNN. The molecule has 0 aliphatic carbocycles. The van der Waals surface area contributed by atoms with Gasteiger partial charge in [0.15, 0.2) is 0 Å². The summed E-state index contributed by atoms with van der Waals surface area (Å²) in [5.74, 6) is 6.06. The first-order valence-corrected chi connectivity index (χ1v) is 4.51. The number of aryl methyl sites for hydroxylation is 2. The van der Waals surface area contributed by atoms with Crippen molar-refractivity contribution in [1.29, 1.82) is 0 Å². The Hall–Kier alpha value is -1.26. The zero-order valence-corrected chi connectivity index (χ0v) is 8.85. The van der Waals surface area contributed by atoms with E-state index in [0.29, 0.717) is 6.67 Å². The van der Waals surface area contributed by atoms with Crippen LogP contribution in [0, 0.1) is 13.8 Å². The maximum absolute atomic E-state index is 5.30. The highest BCUT2D eigenvalue weighted by atomic mass is 16.5. The van der Waals surface area contributed by atoms with Crippen LogP contribution in [0.4, 0.5) is 5.69 Å². The molecular formula is C10H17N3O. The van der Waals surface area contributed by atoms with E-state index < -0.39 is 0 Å². The summed E-state index contributed by atoms with van der Waals surface area (Å²) in [5, 5.41) is 3.13. The summed E-state index contributed by atoms with van der Waals surface area (Å²) in [6, 6.07) is 4.11. The Morgan fingerprint density at radius 2 is 2.07 bits per heavy atom. The van der Waals surface area contributed by atoms with E-state index in [1.54, 1.807) is 7.11 Å². The van der Waals surface area contributed by atoms with Gasteiger partial charge in [-0.15, -0.1) is 0 Å². The van der Waals surface area contributed by atoms with Crippen LogP contribution in [-0.4, -0.2) is 13.8 Å². The van der Waals surface area contributed by atoms with E-state index in [0.717, 1.165) is 17.0 Å². The van der Waals surface area contributed by atoms with Gasteiger partial charge in [0.05, 0.1) is 19.5 Å². The molecule has 1 aromatic rings. The standard InChI is InChI=1S/C10H17N3O/c1-7-4-8(2)10(14-3)9(5-7)12-6-13-11/h4-5,12-13H,6,11H2,1-3H3. The van der Waals surface area contributed by atoms with E-state index in [9.17, 15) is 0 Å². The maximum Gasteiger partial charge on any atom is 0.144 e. The molecule has 0 fully saturated rings. The highest BCUT2D eigenvalue weighted by molar-refractivity contribution is 5.61. The van der Waals surface area contributed by atoms with Crippen LogP contribution in [0.3, 0.4) is 0 Å². The van der Waals surface area contributed by atoms with Crippen LogP contribution in [0.1, 0.15) is 11.1 Å². The molecule has 0 saturated heterocycles. The average molecular weight is 195 g/mol. The zero-order valence-electron chi connectivity index (χ0n) is 8.85. The minimum Gasteiger partial charge on any atom is -0.494 e. The fraction of sp³-hybridized carbons (Fsp3) is 0.400. The van der Waals surface area contributed by atoms with Gasteiger partial charge >= 0.3 is 0 Å². The fourth-order valence-corrected chi connectivity index (χ4v) is 1.50. The predicted octanol–water partition coefficient (Wildman–Crippen LogP) is 1.14. The van der Waals surface area contributed by atoms with Gasteiger partial charge in [-0.05, 0) is 31.0 Å². The molecule has 1 rings (SSSR count). The Labute approximate surface area is 84.4 Å². The highest BCUT2D eigenvalue weighted by Gasteiger charge is 2.05. The highest BCUT2D eigenvalue weighted by Crippen LogP contribution is 2.29.